The minimum atomic E-state index is -0.566. The summed E-state index contributed by atoms with van der Waals surface area (Å²) in [5, 5.41) is 0. The SMILES string of the molecule is O=C(C#Cc1ccc(C(Cl)Cl)cc1)N1CCN(c2ncccn2)C(I)C1. The predicted molar refractivity (Wildman–Crippen MR) is 112 cm³/mol. The molecule has 1 unspecified atom stereocenters. The zero-order valence-electron chi connectivity index (χ0n) is 13.6. The Hall–Kier alpha value is -1.56. The molecule has 8 heteroatoms. The molecular weight excluding hydrogens is 486 g/mol. The van der Waals surface area contributed by atoms with E-state index < -0.39 is 4.84 Å². The highest BCUT2D eigenvalue weighted by Crippen LogP contribution is 2.24. The maximum absolute atomic E-state index is 12.4. The number of benzene rings is 1. The molecule has 1 saturated heterocycles. The van der Waals surface area contributed by atoms with Gasteiger partial charge in [-0.1, -0.05) is 40.6 Å². The van der Waals surface area contributed by atoms with Crippen LogP contribution in [0.5, 0.6) is 0 Å². The van der Waals surface area contributed by atoms with E-state index in [0.29, 0.717) is 25.6 Å². The van der Waals surface area contributed by atoms with Gasteiger partial charge in [0.15, 0.2) is 0 Å². The van der Waals surface area contributed by atoms with Crippen molar-refractivity contribution in [2.24, 2.45) is 0 Å². The van der Waals surface area contributed by atoms with Crippen LogP contribution in [0.3, 0.4) is 0 Å². The van der Waals surface area contributed by atoms with E-state index in [1.165, 1.54) is 0 Å². The topological polar surface area (TPSA) is 49.3 Å². The number of amides is 1. The van der Waals surface area contributed by atoms with Crippen LogP contribution in [-0.4, -0.2) is 44.5 Å². The Balaban J connectivity index is 1.62. The number of anilines is 1. The number of carbonyl (C=O) groups excluding carboxylic acids is 1. The molecule has 26 heavy (non-hydrogen) atoms. The van der Waals surface area contributed by atoms with Gasteiger partial charge in [0.1, 0.15) is 8.88 Å². The van der Waals surface area contributed by atoms with Crippen LogP contribution in [0.1, 0.15) is 16.0 Å². The Morgan fingerprint density at radius 3 is 2.50 bits per heavy atom. The van der Waals surface area contributed by atoms with Crippen LogP contribution in [0, 0.1) is 11.8 Å². The fraction of sp³-hybridized carbons (Fsp3) is 0.278. The van der Waals surface area contributed by atoms with Gasteiger partial charge in [0.05, 0.1) is 6.54 Å². The predicted octanol–water partition coefficient (Wildman–Crippen LogP) is 3.41. The van der Waals surface area contributed by atoms with Gasteiger partial charge in [0.2, 0.25) is 5.95 Å². The molecule has 134 valence electrons. The maximum Gasteiger partial charge on any atom is 0.298 e. The molecule has 1 aromatic heterocycles. The average molecular weight is 501 g/mol. The summed E-state index contributed by atoms with van der Waals surface area (Å²) in [5.74, 6) is 6.11. The van der Waals surface area contributed by atoms with E-state index in [2.05, 4.69) is 49.3 Å². The molecule has 5 nitrogen and oxygen atoms in total. The number of rotatable bonds is 2. The highest BCUT2D eigenvalue weighted by molar-refractivity contribution is 14.1. The molecule has 2 aromatic rings. The van der Waals surface area contributed by atoms with Gasteiger partial charge in [-0.05, 0) is 23.8 Å². The lowest BCUT2D eigenvalue weighted by Gasteiger charge is -2.37. The second-order valence-corrected chi connectivity index (χ2v) is 8.13. The van der Waals surface area contributed by atoms with Gasteiger partial charge in [-0.3, -0.25) is 4.79 Å². The zero-order valence-corrected chi connectivity index (χ0v) is 17.3. The Kier molecular flexibility index (Phi) is 6.57. The van der Waals surface area contributed by atoms with Crippen molar-refractivity contribution in [2.75, 3.05) is 24.5 Å². The van der Waals surface area contributed by atoms with Crippen LogP contribution in [0.4, 0.5) is 5.95 Å². The summed E-state index contributed by atoms with van der Waals surface area (Å²) in [6.07, 6.45) is 3.44. The first kappa shape index (κ1) is 19.2. The van der Waals surface area contributed by atoms with Crippen molar-refractivity contribution in [1.82, 2.24) is 14.9 Å². The van der Waals surface area contributed by atoms with E-state index in [-0.39, 0.29) is 9.96 Å². The van der Waals surface area contributed by atoms with Crippen LogP contribution < -0.4 is 4.90 Å². The molecular formula is C18H15Cl2IN4O. The molecule has 1 amide bonds. The first-order chi connectivity index (χ1) is 12.5. The molecule has 0 aliphatic carbocycles. The van der Waals surface area contributed by atoms with E-state index in [1.54, 1.807) is 47.6 Å². The van der Waals surface area contributed by atoms with Gasteiger partial charge >= 0.3 is 0 Å². The summed E-state index contributed by atoms with van der Waals surface area (Å²) in [6.45, 7) is 1.84. The van der Waals surface area contributed by atoms with E-state index in [4.69, 9.17) is 23.2 Å². The van der Waals surface area contributed by atoms with E-state index in [9.17, 15) is 4.79 Å². The molecule has 0 spiro atoms. The number of hydrogen-bond donors (Lipinski definition) is 0. The minimum absolute atomic E-state index is 0.0955. The van der Waals surface area contributed by atoms with Crippen molar-refractivity contribution >= 4 is 57.6 Å². The Labute approximate surface area is 175 Å². The van der Waals surface area contributed by atoms with Gasteiger partial charge in [-0.25, -0.2) is 9.97 Å². The van der Waals surface area contributed by atoms with Crippen LogP contribution in [0.15, 0.2) is 42.7 Å². The number of halogens is 3. The first-order valence-electron chi connectivity index (χ1n) is 7.91. The summed E-state index contributed by atoms with van der Waals surface area (Å²) in [7, 11) is 0. The lowest BCUT2D eigenvalue weighted by atomic mass is 10.1. The largest absolute Gasteiger partial charge is 0.327 e. The summed E-state index contributed by atoms with van der Waals surface area (Å²) >= 11 is 13.9. The molecule has 1 atom stereocenters. The number of piperazine rings is 1. The van der Waals surface area contributed by atoms with Gasteiger partial charge in [0, 0.05) is 37.0 Å². The summed E-state index contributed by atoms with van der Waals surface area (Å²) in [6, 6.07) is 9.00. The van der Waals surface area contributed by atoms with Crippen LogP contribution >= 0.6 is 45.8 Å². The van der Waals surface area contributed by atoms with Gasteiger partial charge in [-0.2, -0.15) is 0 Å². The smallest absolute Gasteiger partial charge is 0.298 e. The highest BCUT2D eigenvalue weighted by atomic mass is 127. The van der Waals surface area contributed by atoms with Crippen molar-refractivity contribution in [3.8, 4) is 11.8 Å². The molecule has 1 aromatic carbocycles. The quantitative estimate of drug-likeness (QED) is 0.274. The molecule has 2 heterocycles. The van der Waals surface area contributed by atoms with E-state index in [0.717, 1.165) is 11.1 Å². The van der Waals surface area contributed by atoms with Crippen LogP contribution in [0.2, 0.25) is 0 Å². The van der Waals surface area contributed by atoms with Gasteiger partial charge < -0.3 is 9.80 Å². The van der Waals surface area contributed by atoms with Crippen molar-refractivity contribution < 1.29 is 4.79 Å². The average Bonchev–Trinajstić information content (AvgIpc) is 2.67. The number of hydrogen-bond acceptors (Lipinski definition) is 4. The third-order valence-electron chi connectivity index (χ3n) is 3.89. The number of carbonyl (C=O) groups is 1. The number of nitrogens with zero attached hydrogens (tertiary/aromatic N) is 4. The summed E-state index contributed by atoms with van der Waals surface area (Å²) in [5.41, 5.74) is 1.55. The fourth-order valence-electron chi connectivity index (χ4n) is 2.51. The van der Waals surface area contributed by atoms with Crippen LogP contribution in [-0.2, 0) is 4.79 Å². The Morgan fingerprint density at radius 1 is 1.19 bits per heavy atom. The summed E-state index contributed by atoms with van der Waals surface area (Å²) < 4.78 is 0.0955. The molecule has 1 aliphatic rings. The monoisotopic (exact) mass is 500 g/mol. The summed E-state index contributed by atoms with van der Waals surface area (Å²) in [4.78, 5) is 24.2. The maximum atomic E-state index is 12.4. The molecule has 3 rings (SSSR count). The van der Waals surface area contributed by atoms with Crippen LogP contribution in [0.25, 0.3) is 0 Å². The lowest BCUT2D eigenvalue weighted by molar-refractivity contribution is -0.125. The molecule has 0 bridgehead atoms. The zero-order chi connectivity index (χ0) is 18.5. The minimum Gasteiger partial charge on any atom is -0.327 e. The second-order valence-electron chi connectivity index (χ2n) is 5.60. The standard InChI is InChI=1S/C18H15Cl2IN4O/c19-17(20)14-5-2-13(3-6-14)4-7-16(26)24-10-11-25(15(21)12-24)18-22-8-1-9-23-18/h1-3,5-6,8-9,15,17H,10-12H2. The highest BCUT2D eigenvalue weighted by Gasteiger charge is 2.28. The normalized spacial score (nSPS) is 17.0. The third-order valence-corrected chi connectivity index (χ3v) is 5.46. The number of aromatic nitrogens is 2. The van der Waals surface area contributed by atoms with Gasteiger partial charge in [-0.15, -0.1) is 23.2 Å². The second kappa shape index (κ2) is 8.89. The van der Waals surface area contributed by atoms with E-state index in [1.807, 2.05) is 0 Å². The first-order valence-corrected chi connectivity index (χ1v) is 10.0. The van der Waals surface area contributed by atoms with Crippen molar-refractivity contribution in [3.63, 3.8) is 0 Å². The lowest BCUT2D eigenvalue weighted by Crippen LogP contribution is -2.52. The Bertz CT molecular complexity index is 821. The van der Waals surface area contributed by atoms with Crippen molar-refractivity contribution in [2.45, 2.75) is 8.88 Å². The molecule has 0 N–H and O–H groups in total. The van der Waals surface area contributed by atoms with Crippen molar-refractivity contribution in [3.05, 3.63) is 53.9 Å². The van der Waals surface area contributed by atoms with E-state index >= 15 is 0 Å². The number of alkyl halides is 3. The van der Waals surface area contributed by atoms with Gasteiger partial charge in [0.25, 0.3) is 5.91 Å². The fourth-order valence-corrected chi connectivity index (χ4v) is 3.80. The molecule has 1 fully saturated rings. The van der Waals surface area contributed by atoms with Crippen molar-refractivity contribution in [1.29, 1.82) is 0 Å². The Morgan fingerprint density at radius 2 is 1.88 bits per heavy atom. The molecule has 1 aliphatic heterocycles. The molecule has 0 saturated carbocycles. The third kappa shape index (κ3) is 4.78. The molecule has 0 radical (unpaired) electrons.